The van der Waals surface area contributed by atoms with E-state index in [4.69, 9.17) is 4.74 Å². The molecule has 1 heterocycles. The lowest BCUT2D eigenvalue weighted by Crippen LogP contribution is -2.55. The van der Waals surface area contributed by atoms with Crippen LogP contribution in [-0.2, 0) is 16.0 Å². The monoisotopic (exact) mass is 350 g/mol. The van der Waals surface area contributed by atoms with Gasteiger partial charge in [-0.25, -0.2) is 9.59 Å². The van der Waals surface area contributed by atoms with E-state index < -0.39 is 28.1 Å². The van der Waals surface area contributed by atoms with Crippen LogP contribution in [0.3, 0.4) is 0 Å². The number of amides is 1. The van der Waals surface area contributed by atoms with Gasteiger partial charge in [0.05, 0.1) is 4.92 Å². The van der Waals surface area contributed by atoms with Crippen molar-refractivity contribution >= 4 is 17.7 Å². The zero-order chi connectivity index (χ0) is 18.8. The van der Waals surface area contributed by atoms with Crippen LogP contribution in [0.1, 0.15) is 39.2 Å². The first-order valence-corrected chi connectivity index (χ1v) is 8.03. The third-order valence-electron chi connectivity index (χ3n) is 4.17. The lowest BCUT2D eigenvalue weighted by Gasteiger charge is -2.35. The number of ether oxygens (including phenoxy) is 1. The number of para-hydroxylation sites is 1. The molecule has 1 aliphatic rings. The van der Waals surface area contributed by atoms with Crippen LogP contribution in [0.5, 0.6) is 0 Å². The van der Waals surface area contributed by atoms with Gasteiger partial charge in [-0.2, -0.15) is 0 Å². The molecular weight excluding hydrogens is 328 g/mol. The largest absolute Gasteiger partial charge is 0.479 e. The Bertz CT molecular complexity index is 697. The number of carbonyl (C=O) groups is 2. The molecule has 0 saturated carbocycles. The number of aliphatic carboxylic acids is 1. The molecule has 1 fully saturated rings. The quantitative estimate of drug-likeness (QED) is 0.660. The smallest absolute Gasteiger partial charge is 0.411 e. The summed E-state index contributed by atoms with van der Waals surface area (Å²) in [6.07, 6.45) is -0.149. The average molecular weight is 350 g/mol. The van der Waals surface area contributed by atoms with E-state index >= 15 is 0 Å². The van der Waals surface area contributed by atoms with Crippen molar-refractivity contribution in [2.75, 3.05) is 6.54 Å². The van der Waals surface area contributed by atoms with Crippen molar-refractivity contribution in [3.8, 4) is 0 Å². The van der Waals surface area contributed by atoms with Gasteiger partial charge in [0.1, 0.15) is 11.1 Å². The molecule has 1 aromatic rings. The van der Waals surface area contributed by atoms with Crippen LogP contribution in [0.4, 0.5) is 10.5 Å². The molecular formula is C17H22N2O6. The van der Waals surface area contributed by atoms with Gasteiger partial charge in [0.15, 0.2) is 0 Å². The van der Waals surface area contributed by atoms with Crippen LogP contribution in [0, 0.1) is 10.1 Å². The maximum absolute atomic E-state index is 12.5. The highest BCUT2D eigenvalue weighted by molar-refractivity contribution is 5.86. The van der Waals surface area contributed by atoms with Gasteiger partial charge in [0.25, 0.3) is 5.69 Å². The van der Waals surface area contributed by atoms with E-state index in [1.807, 2.05) is 0 Å². The van der Waals surface area contributed by atoms with Gasteiger partial charge in [0.2, 0.25) is 0 Å². The van der Waals surface area contributed by atoms with E-state index in [2.05, 4.69) is 0 Å². The summed E-state index contributed by atoms with van der Waals surface area (Å²) in [6, 6.07) is 5.99. The predicted octanol–water partition coefficient (Wildman–Crippen LogP) is 2.99. The van der Waals surface area contributed by atoms with Crippen LogP contribution in [0.2, 0.25) is 0 Å². The topological polar surface area (TPSA) is 110 Å². The van der Waals surface area contributed by atoms with Crippen LogP contribution >= 0.6 is 0 Å². The summed E-state index contributed by atoms with van der Waals surface area (Å²) in [4.78, 5) is 36.4. The molecule has 0 radical (unpaired) electrons. The normalized spacial score (nSPS) is 20.4. The van der Waals surface area contributed by atoms with E-state index in [0.29, 0.717) is 6.42 Å². The molecule has 2 rings (SSSR count). The van der Waals surface area contributed by atoms with Gasteiger partial charge >= 0.3 is 12.1 Å². The first-order valence-electron chi connectivity index (χ1n) is 8.03. The molecule has 1 amide bonds. The number of nitro groups is 1. The summed E-state index contributed by atoms with van der Waals surface area (Å²) < 4.78 is 5.33. The van der Waals surface area contributed by atoms with Crippen molar-refractivity contribution in [3.05, 3.63) is 39.9 Å². The highest BCUT2D eigenvalue weighted by Crippen LogP contribution is 2.36. The number of carboxylic acids is 1. The molecule has 136 valence electrons. The van der Waals surface area contributed by atoms with Crippen molar-refractivity contribution in [2.45, 2.75) is 51.2 Å². The number of nitrogens with zero attached hydrogens (tertiary/aromatic N) is 2. The number of likely N-dealkylation sites (tertiary alicyclic amines) is 1. The molecule has 0 aromatic heterocycles. The fourth-order valence-electron chi connectivity index (χ4n) is 3.10. The van der Waals surface area contributed by atoms with Crippen molar-refractivity contribution in [1.29, 1.82) is 0 Å². The molecule has 0 aliphatic carbocycles. The summed E-state index contributed by atoms with van der Waals surface area (Å²) in [5.41, 5.74) is -2.18. The van der Waals surface area contributed by atoms with Crippen LogP contribution in [0.15, 0.2) is 24.3 Å². The second-order valence-electron chi connectivity index (χ2n) is 7.13. The minimum atomic E-state index is -1.55. The maximum Gasteiger partial charge on any atom is 0.411 e. The molecule has 1 N–H and O–H groups in total. The van der Waals surface area contributed by atoms with Crippen molar-refractivity contribution in [1.82, 2.24) is 4.90 Å². The first kappa shape index (κ1) is 18.7. The molecule has 8 nitrogen and oxygen atoms in total. The number of carbonyl (C=O) groups excluding carboxylic acids is 1. The molecule has 1 atom stereocenters. The van der Waals surface area contributed by atoms with Gasteiger partial charge in [-0.05, 0) is 33.6 Å². The molecule has 0 bridgehead atoms. The van der Waals surface area contributed by atoms with Gasteiger partial charge in [-0.15, -0.1) is 0 Å². The Balaban J connectivity index is 2.40. The van der Waals surface area contributed by atoms with E-state index in [9.17, 15) is 24.8 Å². The molecule has 1 aliphatic heterocycles. The predicted molar refractivity (Wildman–Crippen MR) is 89.3 cm³/mol. The number of benzene rings is 1. The second-order valence-corrected chi connectivity index (χ2v) is 7.13. The molecule has 8 heteroatoms. The van der Waals surface area contributed by atoms with E-state index in [1.54, 1.807) is 26.8 Å². The fraction of sp³-hybridized carbons (Fsp3) is 0.529. The SMILES string of the molecule is CC(C)(C)OC(=O)N1CCC[C@]1(Cc1ccccc1[N+](=O)[O-])C(=O)O. The standard InChI is InChI=1S/C17H22N2O6/c1-16(2,3)25-15(22)18-10-6-9-17(18,14(20)21)11-12-7-4-5-8-13(12)19(23)24/h4-5,7-8H,6,9-11H2,1-3H3,(H,20,21)/t17-/m0/s1. The Hall–Kier alpha value is -2.64. The zero-order valence-electron chi connectivity index (χ0n) is 14.5. The lowest BCUT2D eigenvalue weighted by atomic mass is 9.87. The van der Waals surface area contributed by atoms with Crippen LogP contribution in [-0.4, -0.2) is 44.7 Å². The van der Waals surface area contributed by atoms with E-state index in [-0.39, 0.29) is 30.6 Å². The maximum atomic E-state index is 12.5. The zero-order valence-corrected chi connectivity index (χ0v) is 14.5. The number of nitro benzene ring substituents is 1. The average Bonchev–Trinajstić information content (AvgIpc) is 2.91. The van der Waals surface area contributed by atoms with E-state index in [1.165, 1.54) is 23.1 Å². The van der Waals surface area contributed by atoms with Gasteiger partial charge in [-0.1, -0.05) is 18.2 Å². The summed E-state index contributed by atoms with van der Waals surface area (Å²) in [5.74, 6) is -1.19. The summed E-state index contributed by atoms with van der Waals surface area (Å²) in [5, 5.41) is 21.1. The Morgan fingerprint density at radius 3 is 2.56 bits per heavy atom. The fourth-order valence-corrected chi connectivity index (χ4v) is 3.10. The minimum absolute atomic E-state index is 0.140. The minimum Gasteiger partial charge on any atom is -0.479 e. The highest BCUT2D eigenvalue weighted by Gasteiger charge is 2.52. The molecule has 0 spiro atoms. The Morgan fingerprint density at radius 1 is 1.36 bits per heavy atom. The van der Waals surface area contributed by atoms with Crippen LogP contribution in [0.25, 0.3) is 0 Å². The van der Waals surface area contributed by atoms with Crippen molar-refractivity contribution in [2.24, 2.45) is 0 Å². The summed E-state index contributed by atoms with van der Waals surface area (Å²) in [7, 11) is 0. The first-order chi connectivity index (χ1) is 11.6. The summed E-state index contributed by atoms with van der Waals surface area (Å²) >= 11 is 0. The van der Waals surface area contributed by atoms with Crippen LogP contribution < -0.4 is 0 Å². The van der Waals surface area contributed by atoms with Crippen molar-refractivity contribution in [3.63, 3.8) is 0 Å². The third kappa shape index (κ3) is 3.89. The van der Waals surface area contributed by atoms with Gasteiger partial charge in [-0.3, -0.25) is 15.0 Å². The number of hydrogen-bond donors (Lipinski definition) is 1. The van der Waals surface area contributed by atoms with E-state index in [0.717, 1.165) is 0 Å². The third-order valence-corrected chi connectivity index (χ3v) is 4.17. The van der Waals surface area contributed by atoms with Gasteiger partial charge in [0, 0.05) is 24.6 Å². The molecule has 1 saturated heterocycles. The molecule has 1 aromatic carbocycles. The highest BCUT2D eigenvalue weighted by atomic mass is 16.6. The Labute approximate surface area is 145 Å². The Morgan fingerprint density at radius 2 is 2.00 bits per heavy atom. The summed E-state index contributed by atoms with van der Waals surface area (Å²) in [6.45, 7) is 5.34. The van der Waals surface area contributed by atoms with Gasteiger partial charge < -0.3 is 9.84 Å². The van der Waals surface area contributed by atoms with Crippen molar-refractivity contribution < 1.29 is 24.4 Å². The number of hydrogen-bond acceptors (Lipinski definition) is 5. The number of carboxylic acid groups (broad SMARTS) is 1. The lowest BCUT2D eigenvalue weighted by molar-refractivity contribution is -0.385. The molecule has 0 unspecified atom stereocenters. The second kappa shape index (κ2) is 6.70. The Kier molecular flexibility index (Phi) is 5.01. The molecule has 25 heavy (non-hydrogen) atoms. The number of rotatable bonds is 4.